The number of nitrogens with one attached hydrogen (secondary N) is 3. The number of nitrogens with zero attached hydrogens (tertiary/aromatic N) is 1. The van der Waals surface area contributed by atoms with E-state index in [0.29, 0.717) is 0 Å². The molecule has 0 aliphatic heterocycles. The number of guanidine groups is 1. The lowest BCUT2D eigenvalue weighted by Crippen LogP contribution is -2.38. The van der Waals surface area contributed by atoms with Crippen LogP contribution < -0.4 is 10.6 Å². The number of hydrogen-bond acceptors (Lipinski definition) is 1. The first-order valence-corrected chi connectivity index (χ1v) is 9.00. The normalized spacial score (nSPS) is 11.3. The van der Waals surface area contributed by atoms with E-state index in [1.54, 1.807) is 7.05 Å². The molecule has 0 spiro atoms. The topological polar surface area (TPSA) is 52.2 Å². The molecule has 27 heavy (non-hydrogen) atoms. The molecule has 3 aromatic rings. The maximum absolute atomic E-state index is 12.9. The molecule has 0 saturated carbocycles. The third-order valence-corrected chi connectivity index (χ3v) is 4.43. The van der Waals surface area contributed by atoms with E-state index < -0.39 is 0 Å². The van der Waals surface area contributed by atoms with Crippen LogP contribution in [-0.2, 0) is 12.8 Å². The quantitative estimate of drug-likeness (QED) is 0.205. The van der Waals surface area contributed by atoms with E-state index >= 15 is 0 Å². The summed E-state index contributed by atoms with van der Waals surface area (Å²) in [5.74, 6) is 0.598. The lowest BCUT2D eigenvalue weighted by molar-refractivity contribution is 0.626. The van der Waals surface area contributed by atoms with Gasteiger partial charge in [0, 0.05) is 37.2 Å². The van der Waals surface area contributed by atoms with Gasteiger partial charge in [0.15, 0.2) is 5.96 Å². The van der Waals surface area contributed by atoms with E-state index in [1.165, 1.54) is 28.6 Å². The van der Waals surface area contributed by atoms with Crippen molar-refractivity contribution >= 4 is 40.8 Å². The van der Waals surface area contributed by atoms with Crippen LogP contribution >= 0.6 is 24.0 Å². The maximum Gasteiger partial charge on any atom is 0.190 e. The number of aliphatic imine (C=N–C) groups is 1. The number of aromatic amines is 1. The van der Waals surface area contributed by atoms with Gasteiger partial charge in [-0.1, -0.05) is 30.3 Å². The summed E-state index contributed by atoms with van der Waals surface area (Å²) < 4.78 is 12.9. The van der Waals surface area contributed by atoms with Crippen LogP contribution in [0.4, 0.5) is 4.39 Å². The van der Waals surface area contributed by atoms with Crippen molar-refractivity contribution in [1.82, 2.24) is 15.6 Å². The summed E-state index contributed by atoms with van der Waals surface area (Å²) in [5.41, 5.74) is 3.64. The summed E-state index contributed by atoms with van der Waals surface area (Å²) in [7, 11) is 1.77. The van der Waals surface area contributed by atoms with Crippen LogP contribution in [0.2, 0.25) is 0 Å². The Morgan fingerprint density at radius 1 is 1.00 bits per heavy atom. The van der Waals surface area contributed by atoms with Gasteiger partial charge in [-0.2, -0.15) is 0 Å². The van der Waals surface area contributed by atoms with E-state index in [-0.39, 0.29) is 29.8 Å². The molecule has 3 N–H and O–H groups in total. The molecule has 0 aliphatic carbocycles. The first kappa shape index (κ1) is 21.2. The summed E-state index contributed by atoms with van der Waals surface area (Å²) in [6.07, 6.45) is 4.97. The van der Waals surface area contributed by atoms with Gasteiger partial charge in [0.1, 0.15) is 5.82 Å². The minimum atomic E-state index is -0.200. The predicted molar refractivity (Wildman–Crippen MR) is 122 cm³/mol. The Bertz CT molecular complexity index is 858. The van der Waals surface area contributed by atoms with Crippen molar-refractivity contribution in [2.45, 2.75) is 19.3 Å². The number of fused-ring (bicyclic) bond motifs is 1. The number of hydrogen-bond donors (Lipinski definition) is 3. The number of benzene rings is 2. The molecule has 4 nitrogen and oxygen atoms in total. The Morgan fingerprint density at radius 3 is 2.52 bits per heavy atom. The molecule has 3 rings (SSSR count). The van der Waals surface area contributed by atoms with Gasteiger partial charge in [-0.25, -0.2) is 4.39 Å². The van der Waals surface area contributed by atoms with Gasteiger partial charge in [0.2, 0.25) is 0 Å². The van der Waals surface area contributed by atoms with E-state index in [2.05, 4.69) is 45.0 Å². The number of aromatic nitrogens is 1. The molecule has 6 heteroatoms. The number of aryl methyl sites for hydroxylation is 1. The van der Waals surface area contributed by atoms with E-state index in [1.807, 2.05) is 18.2 Å². The molecule has 0 aliphatic rings. The van der Waals surface area contributed by atoms with E-state index in [4.69, 9.17) is 0 Å². The predicted octanol–water partition coefficient (Wildman–Crippen LogP) is 4.27. The number of halogens is 2. The second-order valence-corrected chi connectivity index (χ2v) is 6.27. The number of para-hydroxylation sites is 1. The third-order valence-electron chi connectivity index (χ3n) is 4.43. The van der Waals surface area contributed by atoms with Crippen LogP contribution in [0.1, 0.15) is 17.5 Å². The van der Waals surface area contributed by atoms with Gasteiger partial charge >= 0.3 is 0 Å². The van der Waals surface area contributed by atoms with Crippen molar-refractivity contribution in [3.8, 4) is 0 Å². The summed E-state index contributed by atoms with van der Waals surface area (Å²) in [6.45, 7) is 1.61. The highest BCUT2D eigenvalue weighted by Crippen LogP contribution is 2.18. The van der Waals surface area contributed by atoms with Gasteiger partial charge in [0.25, 0.3) is 0 Å². The second-order valence-electron chi connectivity index (χ2n) is 6.27. The Hall–Kier alpha value is -2.09. The van der Waals surface area contributed by atoms with Gasteiger partial charge in [-0.15, -0.1) is 24.0 Å². The second kappa shape index (κ2) is 10.9. The van der Waals surface area contributed by atoms with Crippen LogP contribution in [-0.4, -0.2) is 31.1 Å². The van der Waals surface area contributed by atoms with Crippen molar-refractivity contribution in [2.24, 2.45) is 4.99 Å². The largest absolute Gasteiger partial charge is 0.361 e. The van der Waals surface area contributed by atoms with Crippen molar-refractivity contribution in [3.05, 3.63) is 71.7 Å². The summed E-state index contributed by atoms with van der Waals surface area (Å²) in [5, 5.41) is 7.94. The summed E-state index contributed by atoms with van der Waals surface area (Å²) in [4.78, 5) is 7.56. The van der Waals surface area contributed by atoms with Gasteiger partial charge in [-0.05, 0) is 48.6 Å². The average Bonchev–Trinajstić information content (AvgIpc) is 3.08. The molecule has 0 atom stereocenters. The molecule has 0 unspecified atom stereocenters. The molecular weight excluding hydrogens is 454 g/mol. The molecule has 2 aromatic carbocycles. The molecule has 0 fully saturated rings. The fourth-order valence-electron chi connectivity index (χ4n) is 3.02. The summed E-state index contributed by atoms with van der Waals surface area (Å²) >= 11 is 0. The van der Waals surface area contributed by atoms with Gasteiger partial charge in [0.05, 0.1) is 0 Å². The Balaban J connectivity index is 0.00000261. The lowest BCUT2D eigenvalue weighted by Gasteiger charge is -2.11. The van der Waals surface area contributed by atoms with Crippen molar-refractivity contribution in [1.29, 1.82) is 0 Å². The minimum Gasteiger partial charge on any atom is -0.361 e. The van der Waals surface area contributed by atoms with Crippen LogP contribution in [0.15, 0.2) is 59.7 Å². The van der Waals surface area contributed by atoms with Crippen LogP contribution in [0.5, 0.6) is 0 Å². The smallest absolute Gasteiger partial charge is 0.190 e. The molecule has 0 saturated heterocycles. The zero-order valence-electron chi connectivity index (χ0n) is 15.5. The molecule has 1 heterocycles. The Morgan fingerprint density at radius 2 is 1.74 bits per heavy atom. The number of H-pyrrole nitrogens is 1. The van der Waals surface area contributed by atoms with Crippen LogP contribution in [0.3, 0.4) is 0 Å². The molecule has 144 valence electrons. The fraction of sp³-hybridized carbons (Fsp3) is 0.286. The third kappa shape index (κ3) is 6.23. The fourth-order valence-corrected chi connectivity index (χ4v) is 3.02. The Kier molecular flexibility index (Phi) is 8.57. The molecule has 0 radical (unpaired) electrons. The minimum absolute atomic E-state index is 0. The highest BCUT2D eigenvalue weighted by molar-refractivity contribution is 14.0. The average molecular weight is 480 g/mol. The first-order valence-electron chi connectivity index (χ1n) is 9.00. The van der Waals surface area contributed by atoms with E-state index in [0.717, 1.165) is 43.9 Å². The summed E-state index contributed by atoms with van der Waals surface area (Å²) in [6, 6.07) is 15.0. The highest BCUT2D eigenvalue weighted by Gasteiger charge is 2.03. The zero-order valence-corrected chi connectivity index (χ0v) is 17.8. The number of rotatable bonds is 7. The van der Waals surface area contributed by atoms with Gasteiger partial charge in [-0.3, -0.25) is 4.99 Å². The van der Waals surface area contributed by atoms with Crippen LogP contribution in [0.25, 0.3) is 10.9 Å². The molecular formula is C21H26FIN4. The Labute approximate surface area is 176 Å². The van der Waals surface area contributed by atoms with Crippen molar-refractivity contribution < 1.29 is 4.39 Å². The molecule has 1 aromatic heterocycles. The zero-order chi connectivity index (χ0) is 18.2. The monoisotopic (exact) mass is 480 g/mol. The van der Waals surface area contributed by atoms with E-state index in [9.17, 15) is 4.39 Å². The standard InChI is InChI=1S/C21H25FN4.HI/c1-23-21(25-14-12-16-8-10-18(22)11-9-16)24-13-4-5-17-15-26-20-7-3-2-6-19(17)20;/h2-3,6-11,15,26H,4-5,12-14H2,1H3,(H2,23,24,25);1H. The van der Waals surface area contributed by atoms with Crippen LogP contribution in [0, 0.1) is 5.82 Å². The maximum atomic E-state index is 12.9. The van der Waals surface area contributed by atoms with Crippen molar-refractivity contribution in [2.75, 3.05) is 20.1 Å². The first-order chi connectivity index (χ1) is 12.8. The van der Waals surface area contributed by atoms with Gasteiger partial charge < -0.3 is 15.6 Å². The molecule has 0 amide bonds. The SMILES string of the molecule is CN=C(NCCCc1c[nH]c2ccccc12)NCCc1ccc(F)cc1.I. The lowest BCUT2D eigenvalue weighted by atomic mass is 10.1. The van der Waals surface area contributed by atoms with Crippen molar-refractivity contribution in [3.63, 3.8) is 0 Å². The molecule has 0 bridgehead atoms. The highest BCUT2D eigenvalue weighted by atomic mass is 127.